The molecule has 0 unspecified atom stereocenters. The topological polar surface area (TPSA) is 84.9 Å². The summed E-state index contributed by atoms with van der Waals surface area (Å²) in [5.74, 6) is 0.118. The molecule has 0 fully saturated rings. The Morgan fingerprint density at radius 3 is 2.37 bits per heavy atom. The normalized spacial score (nSPS) is 11.1. The van der Waals surface area contributed by atoms with E-state index in [-0.39, 0.29) is 14.8 Å². The number of para-hydroxylation sites is 1. The van der Waals surface area contributed by atoms with E-state index in [1.165, 1.54) is 39.5 Å². The molecule has 0 aliphatic rings. The number of hydrogen-bond acceptors (Lipinski definition) is 6. The van der Waals surface area contributed by atoms with Crippen LogP contribution in [-0.2, 0) is 10.0 Å². The molecule has 1 aromatic heterocycles. The summed E-state index contributed by atoms with van der Waals surface area (Å²) in [6.45, 7) is 0. The molecule has 2 aromatic carbocycles. The second-order valence-electron chi connectivity index (χ2n) is 6.06. The minimum absolute atomic E-state index is 0.0479. The number of carbonyl (C=O) groups excluding carboxylic acids is 1. The lowest BCUT2D eigenvalue weighted by Gasteiger charge is -2.19. The second-order valence-corrected chi connectivity index (χ2v) is 9.32. The molecule has 3 rings (SSSR count). The van der Waals surface area contributed by atoms with Crippen LogP contribution in [0.4, 0.5) is 11.4 Å². The highest BCUT2D eigenvalue weighted by Gasteiger charge is 2.29. The largest absolute Gasteiger partial charge is 0.495 e. The Labute approximate surface area is 183 Å². The van der Waals surface area contributed by atoms with Crippen LogP contribution in [0.5, 0.6) is 11.5 Å². The van der Waals surface area contributed by atoms with Crippen molar-refractivity contribution in [2.24, 2.45) is 0 Å². The number of methoxy groups -OCH3 is 2. The van der Waals surface area contributed by atoms with Crippen LogP contribution in [0.15, 0.2) is 58.8 Å². The van der Waals surface area contributed by atoms with Gasteiger partial charge in [0.15, 0.2) is 0 Å². The van der Waals surface area contributed by atoms with E-state index < -0.39 is 15.9 Å². The van der Waals surface area contributed by atoms with E-state index in [0.29, 0.717) is 22.9 Å². The first-order valence-electron chi connectivity index (χ1n) is 8.64. The summed E-state index contributed by atoms with van der Waals surface area (Å²) in [5.41, 5.74) is 0.778. The van der Waals surface area contributed by atoms with Crippen molar-refractivity contribution in [2.45, 2.75) is 4.90 Å². The number of nitrogens with zero attached hydrogens (tertiary/aromatic N) is 1. The van der Waals surface area contributed by atoms with E-state index in [1.807, 2.05) is 0 Å². The van der Waals surface area contributed by atoms with Gasteiger partial charge in [-0.25, -0.2) is 8.42 Å². The Morgan fingerprint density at radius 1 is 1.07 bits per heavy atom. The Bertz CT molecular complexity index is 1160. The number of ether oxygens (including phenoxy) is 2. The highest BCUT2D eigenvalue weighted by molar-refractivity contribution is 7.93. The summed E-state index contributed by atoms with van der Waals surface area (Å²) in [7, 11) is 0.397. The van der Waals surface area contributed by atoms with Crippen LogP contribution in [0.25, 0.3) is 0 Å². The van der Waals surface area contributed by atoms with Gasteiger partial charge < -0.3 is 14.8 Å². The zero-order chi connectivity index (χ0) is 21.9. The van der Waals surface area contributed by atoms with E-state index in [4.69, 9.17) is 21.1 Å². The lowest BCUT2D eigenvalue weighted by Crippen LogP contribution is -2.28. The number of thiophene rings is 1. The number of rotatable bonds is 7. The first kappa shape index (κ1) is 21.9. The molecule has 1 heterocycles. The number of carbonyl (C=O) groups is 1. The molecule has 3 aromatic rings. The molecule has 0 spiro atoms. The Kier molecular flexibility index (Phi) is 6.55. The number of benzene rings is 2. The summed E-state index contributed by atoms with van der Waals surface area (Å²) >= 11 is 7.17. The molecule has 1 N–H and O–H groups in total. The third kappa shape index (κ3) is 4.23. The van der Waals surface area contributed by atoms with Gasteiger partial charge in [0.25, 0.3) is 15.9 Å². The van der Waals surface area contributed by atoms with Crippen molar-refractivity contribution < 1.29 is 22.7 Å². The number of sulfonamides is 1. The van der Waals surface area contributed by atoms with Crippen molar-refractivity contribution in [2.75, 3.05) is 30.9 Å². The van der Waals surface area contributed by atoms with Gasteiger partial charge in [0, 0.05) is 13.1 Å². The van der Waals surface area contributed by atoms with Crippen LogP contribution in [0.3, 0.4) is 0 Å². The van der Waals surface area contributed by atoms with Crippen molar-refractivity contribution in [1.82, 2.24) is 0 Å². The molecule has 0 saturated heterocycles. The second kappa shape index (κ2) is 8.95. The number of anilines is 2. The Hall–Kier alpha value is -2.75. The van der Waals surface area contributed by atoms with E-state index in [2.05, 4.69) is 5.32 Å². The van der Waals surface area contributed by atoms with E-state index in [0.717, 1.165) is 15.6 Å². The van der Waals surface area contributed by atoms with Gasteiger partial charge in [-0.1, -0.05) is 29.8 Å². The molecule has 7 nitrogen and oxygen atoms in total. The molecular formula is C20H19ClN2O5S2. The number of amides is 1. The lowest BCUT2D eigenvalue weighted by atomic mass is 10.2. The van der Waals surface area contributed by atoms with Crippen molar-refractivity contribution in [3.05, 3.63) is 63.8 Å². The average molecular weight is 467 g/mol. The third-order valence-electron chi connectivity index (χ3n) is 4.32. The molecule has 0 saturated carbocycles. The molecule has 0 atom stereocenters. The smallest absolute Gasteiger partial charge is 0.267 e. The van der Waals surface area contributed by atoms with Crippen LogP contribution < -0.4 is 19.1 Å². The van der Waals surface area contributed by atoms with Crippen LogP contribution in [0.2, 0.25) is 5.02 Å². The molecule has 0 aliphatic carbocycles. The summed E-state index contributed by atoms with van der Waals surface area (Å²) in [5, 5.41) is 4.50. The summed E-state index contributed by atoms with van der Waals surface area (Å²) in [6.07, 6.45) is 0. The van der Waals surface area contributed by atoms with Gasteiger partial charge in [-0.2, -0.15) is 0 Å². The van der Waals surface area contributed by atoms with Gasteiger partial charge in [0.1, 0.15) is 21.3 Å². The van der Waals surface area contributed by atoms with Crippen LogP contribution in [0, 0.1) is 0 Å². The predicted molar refractivity (Wildman–Crippen MR) is 119 cm³/mol. The molecule has 1 amide bonds. The SMILES string of the molecule is COc1cc(OC)c(NC(=O)c2sccc2S(=O)(=O)N(C)c2ccccc2)cc1Cl. The summed E-state index contributed by atoms with van der Waals surface area (Å²) in [4.78, 5) is 12.9. The van der Waals surface area contributed by atoms with Crippen molar-refractivity contribution in [3.63, 3.8) is 0 Å². The molecule has 10 heteroatoms. The first-order valence-corrected chi connectivity index (χ1v) is 11.3. The zero-order valence-electron chi connectivity index (χ0n) is 16.4. The minimum Gasteiger partial charge on any atom is -0.495 e. The van der Waals surface area contributed by atoms with Gasteiger partial charge in [-0.05, 0) is 29.6 Å². The predicted octanol–water partition coefficient (Wildman–Crippen LogP) is 4.50. The molecular weight excluding hydrogens is 448 g/mol. The fraction of sp³-hybridized carbons (Fsp3) is 0.150. The highest BCUT2D eigenvalue weighted by atomic mass is 35.5. The van der Waals surface area contributed by atoms with Gasteiger partial charge in [0.2, 0.25) is 0 Å². The molecule has 0 bridgehead atoms. The number of hydrogen-bond donors (Lipinski definition) is 1. The van der Waals surface area contributed by atoms with E-state index >= 15 is 0 Å². The minimum atomic E-state index is -3.95. The van der Waals surface area contributed by atoms with Gasteiger partial charge in [-0.15, -0.1) is 11.3 Å². The van der Waals surface area contributed by atoms with Gasteiger partial charge >= 0.3 is 0 Å². The number of halogens is 1. The first-order chi connectivity index (χ1) is 14.3. The van der Waals surface area contributed by atoms with Crippen molar-refractivity contribution in [3.8, 4) is 11.5 Å². The maximum Gasteiger partial charge on any atom is 0.267 e. The van der Waals surface area contributed by atoms with E-state index in [9.17, 15) is 13.2 Å². The Morgan fingerprint density at radius 2 is 1.73 bits per heavy atom. The summed E-state index contributed by atoms with van der Waals surface area (Å²) in [6, 6.07) is 13.0. The van der Waals surface area contributed by atoms with Crippen LogP contribution in [-0.4, -0.2) is 35.6 Å². The summed E-state index contributed by atoms with van der Waals surface area (Å²) < 4.78 is 37.8. The molecule has 0 radical (unpaired) electrons. The van der Waals surface area contributed by atoms with Gasteiger partial charge in [-0.3, -0.25) is 9.10 Å². The molecule has 158 valence electrons. The quantitative estimate of drug-likeness (QED) is 0.554. The van der Waals surface area contributed by atoms with E-state index in [1.54, 1.807) is 35.7 Å². The van der Waals surface area contributed by atoms with Crippen molar-refractivity contribution in [1.29, 1.82) is 0 Å². The highest BCUT2D eigenvalue weighted by Crippen LogP contribution is 2.37. The standard InChI is InChI=1S/C20H19ClN2O5S2/c1-23(13-7-5-4-6-8-13)30(25,26)18-9-10-29-19(18)20(24)22-15-11-14(21)16(27-2)12-17(15)28-3/h4-12H,1-3H3,(H,22,24). The average Bonchev–Trinajstić information content (AvgIpc) is 3.25. The monoisotopic (exact) mass is 466 g/mol. The van der Waals surface area contributed by atoms with Crippen LogP contribution in [0.1, 0.15) is 9.67 Å². The lowest BCUT2D eigenvalue weighted by molar-refractivity contribution is 0.102. The fourth-order valence-electron chi connectivity index (χ4n) is 2.73. The zero-order valence-corrected chi connectivity index (χ0v) is 18.8. The van der Waals surface area contributed by atoms with Crippen LogP contribution >= 0.6 is 22.9 Å². The molecule has 30 heavy (non-hydrogen) atoms. The fourth-order valence-corrected chi connectivity index (χ4v) is 5.46. The number of nitrogens with one attached hydrogen (secondary N) is 1. The van der Waals surface area contributed by atoms with Gasteiger partial charge in [0.05, 0.1) is 30.6 Å². The maximum absolute atomic E-state index is 13.1. The third-order valence-corrected chi connectivity index (χ3v) is 7.48. The van der Waals surface area contributed by atoms with Crippen molar-refractivity contribution >= 4 is 50.2 Å². The molecule has 0 aliphatic heterocycles. The maximum atomic E-state index is 13.1. The Balaban J connectivity index is 1.94.